The van der Waals surface area contributed by atoms with E-state index in [1.54, 1.807) is 50.8 Å². The number of nitrogens with zero attached hydrogens (tertiary/aromatic N) is 5. The molecule has 0 saturated heterocycles. The second kappa shape index (κ2) is 6.69. The van der Waals surface area contributed by atoms with Crippen molar-refractivity contribution in [3.05, 3.63) is 34.7 Å². The molecule has 0 saturated carbocycles. The van der Waals surface area contributed by atoms with Gasteiger partial charge in [-0.15, -0.1) is 0 Å². The third kappa shape index (κ3) is 3.35. The van der Waals surface area contributed by atoms with Crippen molar-refractivity contribution in [1.82, 2.24) is 19.5 Å². The van der Waals surface area contributed by atoms with Gasteiger partial charge in [-0.1, -0.05) is 6.92 Å². The number of fused-ring (bicyclic) bond motifs is 1. The molecule has 27 heavy (non-hydrogen) atoms. The van der Waals surface area contributed by atoms with Crippen molar-refractivity contribution >= 4 is 36.8 Å². The molecule has 0 atom stereocenters. The maximum atomic E-state index is 12.8. The van der Waals surface area contributed by atoms with Crippen LogP contribution in [0.25, 0.3) is 22.6 Å². The Morgan fingerprint density at radius 3 is 2.59 bits per heavy atom. The lowest BCUT2D eigenvalue weighted by atomic mass is 9.87. The van der Waals surface area contributed by atoms with Crippen molar-refractivity contribution < 1.29 is 8.42 Å². The minimum absolute atomic E-state index is 0.0742. The van der Waals surface area contributed by atoms with Crippen molar-refractivity contribution in [2.24, 2.45) is 7.05 Å². The molecule has 140 valence electrons. The Balaban J connectivity index is 2.34. The predicted octanol–water partition coefficient (Wildman–Crippen LogP) is 3.39. The first-order chi connectivity index (χ1) is 12.6. The lowest BCUT2D eigenvalue weighted by Gasteiger charge is -2.18. The average Bonchev–Trinajstić information content (AvgIpc) is 2.96. The number of nitriles is 1. The zero-order valence-electron chi connectivity index (χ0n) is 15.4. The van der Waals surface area contributed by atoms with Crippen LogP contribution in [-0.2, 0) is 22.3 Å². The molecule has 0 unspecified atom stereocenters. The quantitative estimate of drug-likeness (QED) is 0.567. The number of aryl methyl sites for hydroxylation is 1. The highest BCUT2D eigenvalue weighted by atomic mass is 79.9. The molecule has 3 aromatic rings. The third-order valence-corrected chi connectivity index (χ3v) is 6.69. The summed E-state index contributed by atoms with van der Waals surface area (Å²) in [6.07, 6.45) is 3.21. The van der Waals surface area contributed by atoms with E-state index in [0.717, 1.165) is 5.52 Å². The van der Waals surface area contributed by atoms with Crippen LogP contribution >= 0.6 is 15.9 Å². The topological polar surface area (TPSA) is 102 Å². The summed E-state index contributed by atoms with van der Waals surface area (Å²) in [6.45, 7) is 5.03. The second-order valence-corrected chi connectivity index (χ2v) is 9.76. The van der Waals surface area contributed by atoms with Gasteiger partial charge >= 0.3 is 0 Å². The fourth-order valence-electron chi connectivity index (χ4n) is 2.69. The number of halogens is 1. The van der Waals surface area contributed by atoms with Crippen LogP contribution in [0.15, 0.2) is 34.0 Å². The van der Waals surface area contributed by atoms with Crippen LogP contribution in [0.1, 0.15) is 26.3 Å². The number of rotatable bonds is 4. The SMILES string of the molecule is CCS(=O)(=O)c1cc(C(C)(C)C#N)cnc1-c1nc2cc(Br)ncc2n1C. The lowest BCUT2D eigenvalue weighted by molar-refractivity contribution is 0.596. The summed E-state index contributed by atoms with van der Waals surface area (Å²) >= 11 is 3.32. The van der Waals surface area contributed by atoms with E-state index >= 15 is 0 Å². The average molecular weight is 448 g/mol. The molecule has 0 aliphatic carbocycles. The fraction of sp³-hybridized carbons (Fsp3) is 0.333. The first-order valence-corrected chi connectivity index (χ1v) is 10.7. The molecule has 9 heteroatoms. The predicted molar refractivity (Wildman–Crippen MR) is 106 cm³/mol. The molecule has 0 N–H and O–H groups in total. The second-order valence-electron chi connectivity index (χ2n) is 6.70. The number of sulfone groups is 1. The number of hydrogen-bond donors (Lipinski definition) is 0. The zero-order valence-corrected chi connectivity index (χ0v) is 17.8. The van der Waals surface area contributed by atoms with E-state index in [1.165, 1.54) is 6.07 Å². The van der Waals surface area contributed by atoms with Crippen LogP contribution in [0.5, 0.6) is 0 Å². The van der Waals surface area contributed by atoms with Gasteiger partial charge in [-0.25, -0.2) is 18.4 Å². The van der Waals surface area contributed by atoms with Gasteiger partial charge in [0.05, 0.1) is 39.4 Å². The highest BCUT2D eigenvalue weighted by Crippen LogP contribution is 2.32. The van der Waals surface area contributed by atoms with E-state index < -0.39 is 15.3 Å². The van der Waals surface area contributed by atoms with Crippen molar-refractivity contribution in [2.75, 3.05) is 5.75 Å². The minimum Gasteiger partial charge on any atom is -0.324 e. The van der Waals surface area contributed by atoms with Gasteiger partial charge in [0.15, 0.2) is 15.7 Å². The van der Waals surface area contributed by atoms with E-state index in [0.29, 0.717) is 21.5 Å². The smallest absolute Gasteiger partial charge is 0.180 e. The Labute approximate surface area is 166 Å². The largest absolute Gasteiger partial charge is 0.324 e. The van der Waals surface area contributed by atoms with E-state index in [4.69, 9.17) is 0 Å². The molecule has 0 radical (unpaired) electrons. The van der Waals surface area contributed by atoms with Crippen molar-refractivity contribution in [1.29, 1.82) is 5.26 Å². The van der Waals surface area contributed by atoms with E-state index in [9.17, 15) is 13.7 Å². The summed E-state index contributed by atoms with van der Waals surface area (Å²) in [4.78, 5) is 13.3. The molecule has 0 aromatic carbocycles. The summed E-state index contributed by atoms with van der Waals surface area (Å²) in [7, 11) is -1.79. The summed E-state index contributed by atoms with van der Waals surface area (Å²) in [5, 5.41) is 9.40. The standard InChI is InChI=1S/C18H18BrN5O2S/c1-5-27(25,26)14-6-11(18(2,3)10-20)8-22-16(14)17-23-12-7-15(19)21-9-13(12)24(17)4/h6-9H,5H2,1-4H3. The molecule has 3 rings (SSSR count). The van der Waals surface area contributed by atoms with Crippen molar-refractivity contribution in [3.8, 4) is 17.6 Å². The lowest BCUT2D eigenvalue weighted by Crippen LogP contribution is -2.17. The third-order valence-electron chi connectivity index (χ3n) is 4.51. The number of aromatic nitrogens is 4. The molecule has 3 aromatic heterocycles. The Kier molecular flexibility index (Phi) is 4.82. The number of hydrogen-bond acceptors (Lipinski definition) is 6. The Hall–Kier alpha value is -2.31. The Bertz CT molecular complexity index is 1190. The normalized spacial score (nSPS) is 12.3. The molecule has 0 aliphatic heterocycles. The van der Waals surface area contributed by atoms with Crippen LogP contribution in [0.4, 0.5) is 0 Å². The summed E-state index contributed by atoms with van der Waals surface area (Å²) in [5.74, 6) is 0.355. The van der Waals surface area contributed by atoms with E-state index in [-0.39, 0.29) is 16.3 Å². The highest BCUT2D eigenvalue weighted by Gasteiger charge is 2.28. The van der Waals surface area contributed by atoms with Crippen LogP contribution < -0.4 is 0 Å². The molecule has 7 nitrogen and oxygen atoms in total. The Morgan fingerprint density at radius 2 is 1.96 bits per heavy atom. The molecule has 0 amide bonds. The van der Waals surface area contributed by atoms with E-state index in [2.05, 4.69) is 37.0 Å². The van der Waals surface area contributed by atoms with E-state index in [1.807, 2.05) is 0 Å². The molecular weight excluding hydrogens is 430 g/mol. The minimum atomic E-state index is -3.58. The monoisotopic (exact) mass is 447 g/mol. The molecule has 0 bridgehead atoms. The van der Waals surface area contributed by atoms with Crippen LogP contribution in [0.2, 0.25) is 0 Å². The highest BCUT2D eigenvalue weighted by molar-refractivity contribution is 9.10. The zero-order chi connectivity index (χ0) is 20.0. The first-order valence-electron chi connectivity index (χ1n) is 8.23. The number of imidazole rings is 1. The van der Waals surface area contributed by atoms with Gasteiger partial charge in [-0.2, -0.15) is 5.26 Å². The van der Waals surface area contributed by atoms with Gasteiger partial charge in [0, 0.05) is 13.2 Å². The maximum absolute atomic E-state index is 12.8. The summed E-state index contributed by atoms with van der Waals surface area (Å²) < 4.78 is 27.9. The molecule has 0 aliphatic rings. The number of pyridine rings is 2. The molecule has 0 fully saturated rings. The van der Waals surface area contributed by atoms with Gasteiger partial charge in [0.1, 0.15) is 10.3 Å². The first kappa shape index (κ1) is 19.5. The molecule has 0 spiro atoms. The summed E-state index contributed by atoms with van der Waals surface area (Å²) in [5.41, 5.74) is 1.40. The fourth-order valence-corrected chi connectivity index (χ4v) is 4.06. The van der Waals surface area contributed by atoms with Crippen LogP contribution in [0, 0.1) is 11.3 Å². The van der Waals surface area contributed by atoms with Gasteiger partial charge in [-0.05, 0) is 47.5 Å². The molecular formula is C18H18BrN5O2S. The van der Waals surface area contributed by atoms with Gasteiger partial charge < -0.3 is 4.57 Å². The van der Waals surface area contributed by atoms with Crippen LogP contribution in [-0.4, -0.2) is 33.7 Å². The maximum Gasteiger partial charge on any atom is 0.180 e. The van der Waals surface area contributed by atoms with Crippen LogP contribution in [0.3, 0.4) is 0 Å². The molecule has 3 heterocycles. The van der Waals surface area contributed by atoms with Gasteiger partial charge in [0.25, 0.3) is 0 Å². The Morgan fingerprint density at radius 1 is 1.26 bits per heavy atom. The van der Waals surface area contributed by atoms with Crippen molar-refractivity contribution in [3.63, 3.8) is 0 Å². The van der Waals surface area contributed by atoms with Crippen molar-refractivity contribution in [2.45, 2.75) is 31.1 Å². The summed E-state index contributed by atoms with van der Waals surface area (Å²) in [6, 6.07) is 5.49. The van der Waals surface area contributed by atoms with Gasteiger partial charge in [0.2, 0.25) is 0 Å². The van der Waals surface area contributed by atoms with Gasteiger partial charge in [-0.3, -0.25) is 4.98 Å².